The standard InChI is InChI=1S/C14H7ClFIN2O2/c15-6-1-2-10(17)8(3-6)13-18-11-5-7(16)4-9(14(20)21)12(11)19-13/h1-5H,(H,18,19)(H,20,21). The third kappa shape index (κ3) is 2.60. The van der Waals surface area contributed by atoms with Crippen molar-refractivity contribution in [1.29, 1.82) is 0 Å². The third-order valence-electron chi connectivity index (χ3n) is 2.97. The van der Waals surface area contributed by atoms with E-state index < -0.39 is 11.8 Å². The van der Waals surface area contributed by atoms with Gasteiger partial charge < -0.3 is 10.1 Å². The first-order valence-electron chi connectivity index (χ1n) is 5.83. The molecule has 0 saturated carbocycles. The van der Waals surface area contributed by atoms with Gasteiger partial charge >= 0.3 is 5.97 Å². The van der Waals surface area contributed by atoms with E-state index in [2.05, 4.69) is 32.6 Å². The second-order valence-electron chi connectivity index (χ2n) is 4.36. The Labute approximate surface area is 137 Å². The maximum absolute atomic E-state index is 13.5. The van der Waals surface area contributed by atoms with Crippen molar-refractivity contribution < 1.29 is 14.3 Å². The lowest BCUT2D eigenvalue weighted by atomic mass is 10.2. The van der Waals surface area contributed by atoms with Gasteiger partial charge in [0.25, 0.3) is 0 Å². The molecular formula is C14H7ClFIN2O2. The first-order valence-corrected chi connectivity index (χ1v) is 7.29. The molecule has 0 aliphatic heterocycles. The molecule has 0 aliphatic carbocycles. The largest absolute Gasteiger partial charge is 0.478 e. The van der Waals surface area contributed by atoms with Crippen LogP contribution in [0.3, 0.4) is 0 Å². The Kier molecular flexibility index (Phi) is 3.58. The zero-order valence-corrected chi connectivity index (χ0v) is 13.2. The summed E-state index contributed by atoms with van der Waals surface area (Å²) in [6, 6.07) is 7.47. The molecular weight excluding hydrogens is 410 g/mol. The molecule has 1 aromatic heterocycles. The first kappa shape index (κ1) is 14.3. The highest BCUT2D eigenvalue weighted by Crippen LogP contribution is 2.29. The van der Waals surface area contributed by atoms with Gasteiger partial charge in [-0.1, -0.05) is 11.6 Å². The molecule has 2 aromatic carbocycles. The number of aromatic nitrogens is 2. The van der Waals surface area contributed by atoms with Crippen LogP contribution in [0.15, 0.2) is 30.3 Å². The Hall–Kier alpha value is -1.67. The molecule has 106 valence electrons. The Bertz CT molecular complexity index is 879. The summed E-state index contributed by atoms with van der Waals surface area (Å²) < 4.78 is 14.4. The molecule has 0 aliphatic rings. The number of nitrogens with one attached hydrogen (secondary N) is 1. The molecule has 1 heterocycles. The number of carboxylic acid groups (broad SMARTS) is 1. The molecule has 21 heavy (non-hydrogen) atoms. The van der Waals surface area contributed by atoms with Crippen molar-refractivity contribution in [1.82, 2.24) is 9.97 Å². The zero-order valence-electron chi connectivity index (χ0n) is 10.3. The van der Waals surface area contributed by atoms with Gasteiger partial charge in [-0.2, -0.15) is 0 Å². The number of benzene rings is 2. The van der Waals surface area contributed by atoms with Crippen LogP contribution in [0.5, 0.6) is 0 Å². The number of halogens is 3. The van der Waals surface area contributed by atoms with Crippen LogP contribution in [0.25, 0.3) is 22.4 Å². The zero-order chi connectivity index (χ0) is 15.1. The second-order valence-corrected chi connectivity index (χ2v) is 5.96. The summed E-state index contributed by atoms with van der Waals surface area (Å²) in [6.07, 6.45) is 0. The highest BCUT2D eigenvalue weighted by molar-refractivity contribution is 14.1. The van der Waals surface area contributed by atoms with Crippen molar-refractivity contribution in [3.63, 3.8) is 0 Å². The van der Waals surface area contributed by atoms with E-state index in [1.165, 1.54) is 6.07 Å². The van der Waals surface area contributed by atoms with E-state index >= 15 is 0 Å². The van der Waals surface area contributed by atoms with Crippen molar-refractivity contribution in [2.75, 3.05) is 0 Å². The SMILES string of the molecule is O=C(O)c1cc(F)cc2[nH]c(-c3cc(Cl)ccc3I)nc12. The molecule has 0 saturated heterocycles. The Morgan fingerprint density at radius 3 is 2.81 bits per heavy atom. The molecule has 3 aromatic rings. The van der Waals surface area contributed by atoms with Gasteiger partial charge in [0.1, 0.15) is 17.2 Å². The molecule has 0 fully saturated rings. The Balaban J connectivity index is 2.28. The summed E-state index contributed by atoms with van der Waals surface area (Å²) in [5.41, 5.74) is 1.11. The van der Waals surface area contributed by atoms with Crippen molar-refractivity contribution >= 4 is 51.2 Å². The molecule has 0 spiro atoms. The maximum atomic E-state index is 13.5. The number of imidazole rings is 1. The van der Waals surface area contributed by atoms with Gasteiger partial charge in [0, 0.05) is 14.2 Å². The molecule has 4 nitrogen and oxygen atoms in total. The molecule has 0 radical (unpaired) electrons. The predicted octanol–water partition coefficient (Wildman–Crippen LogP) is 4.33. The minimum atomic E-state index is -1.22. The minimum Gasteiger partial charge on any atom is -0.478 e. The minimum absolute atomic E-state index is 0.176. The van der Waals surface area contributed by atoms with Crippen molar-refractivity contribution in [2.45, 2.75) is 0 Å². The molecule has 0 atom stereocenters. The van der Waals surface area contributed by atoms with E-state index in [1.54, 1.807) is 12.1 Å². The van der Waals surface area contributed by atoms with Gasteiger partial charge in [0.2, 0.25) is 0 Å². The second kappa shape index (κ2) is 5.27. The topological polar surface area (TPSA) is 66.0 Å². The maximum Gasteiger partial charge on any atom is 0.338 e. The van der Waals surface area contributed by atoms with E-state index in [9.17, 15) is 9.18 Å². The highest BCUT2D eigenvalue weighted by Gasteiger charge is 2.16. The lowest BCUT2D eigenvalue weighted by Gasteiger charge is -2.01. The lowest BCUT2D eigenvalue weighted by Crippen LogP contribution is -1.98. The first-order chi connectivity index (χ1) is 9.95. The normalized spacial score (nSPS) is 11.0. The third-order valence-corrected chi connectivity index (χ3v) is 4.14. The summed E-state index contributed by atoms with van der Waals surface area (Å²) in [6.45, 7) is 0. The fourth-order valence-corrected chi connectivity index (χ4v) is 2.81. The number of carbonyl (C=O) groups is 1. The average Bonchev–Trinajstić information content (AvgIpc) is 2.83. The fourth-order valence-electron chi connectivity index (χ4n) is 2.05. The Morgan fingerprint density at radius 2 is 2.10 bits per heavy atom. The smallest absolute Gasteiger partial charge is 0.338 e. The quantitative estimate of drug-likeness (QED) is 0.611. The highest BCUT2D eigenvalue weighted by atomic mass is 127. The van der Waals surface area contributed by atoms with Gasteiger partial charge in [-0.25, -0.2) is 14.2 Å². The molecule has 0 bridgehead atoms. The van der Waals surface area contributed by atoms with E-state index in [0.29, 0.717) is 16.4 Å². The van der Waals surface area contributed by atoms with Crippen molar-refractivity contribution in [2.24, 2.45) is 0 Å². The van der Waals surface area contributed by atoms with E-state index in [0.717, 1.165) is 15.2 Å². The summed E-state index contributed by atoms with van der Waals surface area (Å²) in [7, 11) is 0. The van der Waals surface area contributed by atoms with Crippen LogP contribution in [0.4, 0.5) is 4.39 Å². The molecule has 0 amide bonds. The van der Waals surface area contributed by atoms with Gasteiger partial charge in [-0.3, -0.25) is 0 Å². The number of H-pyrrole nitrogens is 1. The number of hydrogen-bond donors (Lipinski definition) is 2. The van der Waals surface area contributed by atoms with Crippen LogP contribution in [0.1, 0.15) is 10.4 Å². The van der Waals surface area contributed by atoms with Crippen LogP contribution in [0, 0.1) is 9.39 Å². The van der Waals surface area contributed by atoms with Crippen LogP contribution in [0.2, 0.25) is 5.02 Å². The summed E-state index contributed by atoms with van der Waals surface area (Å²) in [4.78, 5) is 18.4. The van der Waals surface area contributed by atoms with Gasteiger partial charge in [0.05, 0.1) is 11.1 Å². The van der Waals surface area contributed by atoms with Crippen LogP contribution in [-0.2, 0) is 0 Å². The van der Waals surface area contributed by atoms with Gasteiger partial charge in [0.15, 0.2) is 0 Å². The number of aromatic carboxylic acids is 1. The van der Waals surface area contributed by atoms with Gasteiger partial charge in [-0.15, -0.1) is 0 Å². The van der Waals surface area contributed by atoms with Crippen LogP contribution < -0.4 is 0 Å². The van der Waals surface area contributed by atoms with E-state index in [-0.39, 0.29) is 11.1 Å². The summed E-state index contributed by atoms with van der Waals surface area (Å²) in [5, 5.41) is 9.68. The number of aromatic amines is 1. The molecule has 0 unspecified atom stereocenters. The number of fused-ring (bicyclic) bond motifs is 1. The number of nitrogens with zero attached hydrogens (tertiary/aromatic N) is 1. The number of hydrogen-bond acceptors (Lipinski definition) is 2. The lowest BCUT2D eigenvalue weighted by molar-refractivity contribution is 0.0698. The van der Waals surface area contributed by atoms with Crippen LogP contribution in [-0.4, -0.2) is 21.0 Å². The van der Waals surface area contributed by atoms with Crippen LogP contribution >= 0.6 is 34.2 Å². The number of carboxylic acids is 1. The fraction of sp³-hybridized carbons (Fsp3) is 0. The molecule has 3 rings (SSSR count). The number of rotatable bonds is 2. The summed E-state index contributed by atoms with van der Waals surface area (Å²) in [5.74, 6) is -1.40. The predicted molar refractivity (Wildman–Crippen MR) is 86.2 cm³/mol. The average molecular weight is 417 g/mol. The molecule has 2 N–H and O–H groups in total. The Morgan fingerprint density at radius 1 is 1.33 bits per heavy atom. The van der Waals surface area contributed by atoms with Crippen molar-refractivity contribution in [3.8, 4) is 11.4 Å². The van der Waals surface area contributed by atoms with E-state index in [1.807, 2.05) is 6.07 Å². The summed E-state index contributed by atoms with van der Waals surface area (Å²) >= 11 is 8.10. The van der Waals surface area contributed by atoms with Gasteiger partial charge in [-0.05, 0) is 52.9 Å². The van der Waals surface area contributed by atoms with E-state index in [4.69, 9.17) is 16.7 Å². The monoisotopic (exact) mass is 416 g/mol. The molecule has 7 heteroatoms. The van der Waals surface area contributed by atoms with Crippen molar-refractivity contribution in [3.05, 3.63) is 50.3 Å².